The number of ether oxygens (including phenoxy) is 1. The summed E-state index contributed by atoms with van der Waals surface area (Å²) >= 11 is 1.83. The molecule has 0 spiro atoms. The zero-order chi connectivity index (χ0) is 30.8. The number of nitrogens with zero attached hydrogens (tertiary/aromatic N) is 2. The van der Waals surface area contributed by atoms with E-state index in [9.17, 15) is 0 Å². The number of thiophene rings is 1. The van der Waals surface area contributed by atoms with Crippen LogP contribution in [0.25, 0.3) is 59.3 Å². The zero-order valence-electron chi connectivity index (χ0n) is 25.8. The molecule has 0 N–H and O–H groups in total. The van der Waals surface area contributed by atoms with E-state index in [4.69, 9.17) is 14.7 Å². The monoisotopic (exact) mass is 612 g/mol. The van der Waals surface area contributed by atoms with Crippen molar-refractivity contribution in [1.82, 2.24) is 9.97 Å². The van der Waals surface area contributed by atoms with Crippen LogP contribution in [0.1, 0.15) is 42.9 Å². The van der Waals surface area contributed by atoms with E-state index in [1.54, 1.807) is 0 Å². The molecule has 0 saturated heterocycles. The lowest BCUT2D eigenvalue weighted by molar-refractivity contribution is 0.277. The lowest BCUT2D eigenvalue weighted by Crippen LogP contribution is -2.24. The van der Waals surface area contributed by atoms with Crippen molar-refractivity contribution in [2.75, 3.05) is 0 Å². The first-order valence-electron chi connectivity index (χ1n) is 16.2. The molecule has 5 aromatic carbocycles. The number of rotatable bonds is 5. The summed E-state index contributed by atoms with van der Waals surface area (Å²) in [6, 6.07) is 38.9. The van der Waals surface area contributed by atoms with Crippen LogP contribution in [0.5, 0.6) is 5.75 Å². The van der Waals surface area contributed by atoms with Gasteiger partial charge in [0.25, 0.3) is 0 Å². The quantitative estimate of drug-likeness (QED) is 0.194. The van der Waals surface area contributed by atoms with Crippen molar-refractivity contribution in [3.8, 4) is 28.4 Å². The Balaban J connectivity index is 1.27. The maximum Gasteiger partial charge on any atom is 0.160 e. The molecule has 0 fully saturated rings. The molecular formula is C42H32N2OS. The minimum absolute atomic E-state index is 0.0459. The van der Waals surface area contributed by atoms with Crippen molar-refractivity contribution < 1.29 is 4.74 Å². The van der Waals surface area contributed by atoms with Gasteiger partial charge in [-0.3, -0.25) is 0 Å². The Morgan fingerprint density at radius 2 is 1.54 bits per heavy atom. The normalized spacial score (nSPS) is 17.1. The third kappa shape index (κ3) is 4.17. The Labute approximate surface area is 272 Å². The third-order valence-electron chi connectivity index (χ3n) is 9.66. The van der Waals surface area contributed by atoms with Gasteiger partial charge in [-0.25, -0.2) is 9.97 Å². The largest absolute Gasteiger partial charge is 0.484 e. The van der Waals surface area contributed by atoms with E-state index in [0.717, 1.165) is 52.1 Å². The van der Waals surface area contributed by atoms with Gasteiger partial charge in [0.05, 0.1) is 11.2 Å². The molecule has 0 saturated carbocycles. The fraction of sp³-hybridized carbons (Fsp3) is 0.143. The first-order valence-corrected chi connectivity index (χ1v) is 17.0. The van der Waals surface area contributed by atoms with Gasteiger partial charge in [0, 0.05) is 53.7 Å². The Kier molecular flexibility index (Phi) is 6.39. The predicted octanol–water partition coefficient (Wildman–Crippen LogP) is 11.2. The van der Waals surface area contributed by atoms with E-state index in [-0.39, 0.29) is 12.0 Å². The van der Waals surface area contributed by atoms with E-state index in [1.807, 2.05) is 11.3 Å². The van der Waals surface area contributed by atoms with E-state index < -0.39 is 0 Å². The van der Waals surface area contributed by atoms with Gasteiger partial charge >= 0.3 is 0 Å². The van der Waals surface area contributed by atoms with Gasteiger partial charge < -0.3 is 4.74 Å². The molecular weight excluding hydrogens is 581 g/mol. The SMILES string of the molecule is CCC1=C(c2cc(-c3nc(-c4ccccc4)c4c(ccc5sc6ccccc6c54)n3)ccc2CC)C2Oc3ccccc3C2C=C1. The predicted molar refractivity (Wildman–Crippen MR) is 193 cm³/mol. The number of hydrogen-bond acceptors (Lipinski definition) is 4. The number of benzene rings is 5. The van der Waals surface area contributed by atoms with Crippen LogP contribution in [0.2, 0.25) is 0 Å². The van der Waals surface area contributed by atoms with E-state index in [2.05, 4.69) is 135 Å². The van der Waals surface area contributed by atoms with Crippen molar-refractivity contribution in [2.45, 2.75) is 38.7 Å². The minimum atomic E-state index is -0.0459. The third-order valence-corrected chi connectivity index (χ3v) is 10.8. The molecule has 46 heavy (non-hydrogen) atoms. The highest BCUT2D eigenvalue weighted by Crippen LogP contribution is 2.49. The van der Waals surface area contributed by atoms with Crippen LogP contribution < -0.4 is 4.74 Å². The molecule has 3 nitrogen and oxygen atoms in total. The fourth-order valence-corrected chi connectivity index (χ4v) is 8.57. The number of fused-ring (bicyclic) bond motifs is 8. The van der Waals surface area contributed by atoms with Gasteiger partial charge in [0.15, 0.2) is 5.82 Å². The van der Waals surface area contributed by atoms with Crippen LogP contribution in [-0.2, 0) is 6.42 Å². The standard InChI is InChI=1S/C42H32N2OS/c1-3-25-18-19-28(24-32(25)37-26(4-2)20-21-30-29-14-8-10-16-34(29)45-41(30)37)42-43-33-22-23-36-38(31-15-9-11-17-35(31)46-36)39(33)40(44-42)27-12-6-5-7-13-27/h5-24,30,41H,3-4H2,1-2H3. The lowest BCUT2D eigenvalue weighted by Gasteiger charge is -2.28. The second-order valence-electron chi connectivity index (χ2n) is 12.2. The Bertz CT molecular complexity index is 2380. The average Bonchev–Trinajstić information content (AvgIpc) is 3.69. The second-order valence-corrected chi connectivity index (χ2v) is 13.3. The summed E-state index contributed by atoms with van der Waals surface area (Å²) in [7, 11) is 0. The molecule has 2 unspecified atom stereocenters. The number of allylic oxidation sites excluding steroid dienone is 2. The molecule has 4 heteroatoms. The Morgan fingerprint density at radius 3 is 2.41 bits per heavy atom. The molecule has 7 aromatic rings. The molecule has 0 amide bonds. The van der Waals surface area contributed by atoms with Crippen molar-refractivity contribution in [2.24, 2.45) is 0 Å². The van der Waals surface area contributed by atoms with Gasteiger partial charge in [0.1, 0.15) is 11.9 Å². The molecule has 1 aliphatic carbocycles. The van der Waals surface area contributed by atoms with Crippen LogP contribution >= 0.6 is 11.3 Å². The zero-order valence-corrected chi connectivity index (χ0v) is 26.6. The molecule has 2 aliphatic rings. The van der Waals surface area contributed by atoms with Gasteiger partial charge in [-0.05, 0) is 59.9 Å². The summed E-state index contributed by atoms with van der Waals surface area (Å²) in [6.07, 6.45) is 6.49. The summed E-state index contributed by atoms with van der Waals surface area (Å²) in [5.41, 5.74) is 10.5. The lowest BCUT2D eigenvalue weighted by atomic mass is 9.78. The second kappa shape index (κ2) is 10.8. The smallest absolute Gasteiger partial charge is 0.160 e. The van der Waals surface area contributed by atoms with Crippen LogP contribution in [0.3, 0.4) is 0 Å². The average molecular weight is 613 g/mol. The fourth-order valence-electron chi connectivity index (χ4n) is 7.45. The molecule has 1 aliphatic heterocycles. The van der Waals surface area contributed by atoms with Gasteiger partial charge in [-0.2, -0.15) is 0 Å². The molecule has 3 heterocycles. The van der Waals surface area contributed by atoms with Crippen molar-refractivity contribution >= 4 is 48.0 Å². The first kappa shape index (κ1) is 27.3. The molecule has 222 valence electrons. The summed E-state index contributed by atoms with van der Waals surface area (Å²) in [5, 5.41) is 3.61. The first-order chi connectivity index (χ1) is 22.7. The highest BCUT2D eigenvalue weighted by Gasteiger charge is 2.39. The highest BCUT2D eigenvalue weighted by molar-refractivity contribution is 7.26. The molecule has 0 bridgehead atoms. The van der Waals surface area contributed by atoms with Gasteiger partial charge in [-0.1, -0.05) is 105 Å². The number of aryl methyl sites for hydroxylation is 1. The van der Waals surface area contributed by atoms with Crippen LogP contribution in [0, 0.1) is 0 Å². The molecule has 2 atom stereocenters. The Morgan fingerprint density at radius 1 is 0.717 bits per heavy atom. The van der Waals surface area contributed by atoms with Crippen molar-refractivity contribution in [1.29, 1.82) is 0 Å². The van der Waals surface area contributed by atoms with Crippen molar-refractivity contribution in [3.63, 3.8) is 0 Å². The maximum atomic E-state index is 6.72. The highest BCUT2D eigenvalue weighted by atomic mass is 32.1. The Hall–Kier alpha value is -5.06. The molecule has 0 radical (unpaired) electrons. The van der Waals surface area contributed by atoms with Gasteiger partial charge in [-0.15, -0.1) is 11.3 Å². The maximum absolute atomic E-state index is 6.72. The summed E-state index contributed by atoms with van der Waals surface area (Å²) in [6.45, 7) is 4.48. The van der Waals surface area contributed by atoms with Crippen molar-refractivity contribution in [3.05, 3.63) is 144 Å². The van der Waals surface area contributed by atoms with E-state index in [0.29, 0.717) is 0 Å². The minimum Gasteiger partial charge on any atom is -0.484 e. The number of aromatic nitrogens is 2. The van der Waals surface area contributed by atoms with E-state index >= 15 is 0 Å². The topological polar surface area (TPSA) is 35.0 Å². The van der Waals surface area contributed by atoms with E-state index in [1.165, 1.54) is 48.0 Å². The summed E-state index contributed by atoms with van der Waals surface area (Å²) in [4.78, 5) is 10.7. The van der Waals surface area contributed by atoms with Crippen LogP contribution in [0.4, 0.5) is 0 Å². The summed E-state index contributed by atoms with van der Waals surface area (Å²) in [5.74, 6) is 1.94. The molecule has 2 aromatic heterocycles. The van der Waals surface area contributed by atoms with Crippen LogP contribution in [0.15, 0.2) is 127 Å². The molecule has 9 rings (SSSR count). The number of para-hydroxylation sites is 1. The van der Waals surface area contributed by atoms with Crippen LogP contribution in [-0.4, -0.2) is 16.1 Å². The summed E-state index contributed by atoms with van der Waals surface area (Å²) < 4.78 is 9.26. The number of hydrogen-bond donors (Lipinski definition) is 0. The van der Waals surface area contributed by atoms with Gasteiger partial charge in [0.2, 0.25) is 0 Å².